The number of rotatable bonds is 18. The summed E-state index contributed by atoms with van der Waals surface area (Å²) in [4.78, 5) is 158. The van der Waals surface area contributed by atoms with Crippen LogP contribution in [0.2, 0.25) is 0 Å². The van der Waals surface area contributed by atoms with Gasteiger partial charge in [0, 0.05) is 72.5 Å². The number of piperidine rings is 2. The van der Waals surface area contributed by atoms with Gasteiger partial charge in [0.05, 0.1) is 4.88 Å². The normalized spacial score (nSPS) is 18.0. The summed E-state index contributed by atoms with van der Waals surface area (Å²) in [6.45, 7) is 4.18. The lowest BCUT2D eigenvalue weighted by Gasteiger charge is -2.35. The van der Waals surface area contributed by atoms with Crippen LogP contribution in [-0.2, 0) is 46.3 Å². The molecule has 2 fully saturated rings. The number of nitrogens with one attached hydrogen (secondary N) is 5. The van der Waals surface area contributed by atoms with Crippen LogP contribution in [0.3, 0.4) is 0 Å². The Morgan fingerprint density at radius 2 is 1.58 bits per heavy atom. The van der Waals surface area contributed by atoms with Crippen LogP contribution in [0.5, 0.6) is 0 Å². The third-order valence-corrected chi connectivity index (χ3v) is 17.2. The summed E-state index contributed by atoms with van der Waals surface area (Å²) in [7, 11) is -5.08. The van der Waals surface area contributed by atoms with Crippen molar-refractivity contribution in [1.82, 2.24) is 36.4 Å². The van der Waals surface area contributed by atoms with Crippen LogP contribution in [0, 0.1) is 23.7 Å². The maximum Gasteiger partial charge on any atom is 0.396 e. The number of hydrogen-bond donors (Lipinski definition) is 8. The molecule has 0 bridgehead atoms. The minimum atomic E-state index is -5.08. The standard InChI is InChI=1S/C59H62N9O13PS/c1-33(2)27-42(62-54(73)48-30-39-28-38(19-21-47(39)83-48)58(77)82(79,80)81)56(75)68-44-18-9-8-15-37(44)29-46(68)53(72)63-43(31-61-59(60)78)51(70)65-50(36-13-4-3-5-14-36)57(76)66-25-23-34(24-26-66)11-6-7-12-35-16-10-17-40-41(35)32-67(55(40)74)45-20-22-49(69)64-52(45)71/h3-5,8-10,13-19,21,28,30,33-34,42-43,45-46,50H,6,11,20,22-27,29,31-32H2,1-2H3,(H,62,73)(H,63,72)(H,65,70)(H3,60,61,78)(H,64,69,71)(H2,79,80,81)/t42-,43-,45?,46-,50-/m0/s1. The zero-order valence-corrected chi connectivity index (χ0v) is 47.1. The highest BCUT2D eigenvalue weighted by Gasteiger charge is 2.44. The van der Waals surface area contributed by atoms with Gasteiger partial charge in [0.15, 0.2) is 0 Å². The number of anilines is 1. The first-order chi connectivity index (χ1) is 39.6. The molecule has 5 aromatic rings. The number of likely N-dealkylation sites (tertiary alicyclic amines) is 1. The quantitative estimate of drug-likeness (QED) is 0.0348. The smallest absolute Gasteiger partial charge is 0.352 e. The molecule has 0 aliphatic carbocycles. The maximum atomic E-state index is 14.9. The number of carbonyl (C=O) groups excluding carboxylic acids is 10. The van der Waals surface area contributed by atoms with E-state index in [1.165, 1.54) is 34.1 Å². The average Bonchev–Trinajstić information content (AvgIpc) is 3.41. The predicted octanol–water partition coefficient (Wildman–Crippen LogP) is 4.16. The van der Waals surface area contributed by atoms with Crippen LogP contribution < -0.4 is 37.2 Å². The number of nitrogens with two attached hydrogens (primary N) is 1. The topological polar surface area (TPSA) is 324 Å². The summed E-state index contributed by atoms with van der Waals surface area (Å²) < 4.78 is 12.2. The monoisotopic (exact) mass is 1170 g/mol. The van der Waals surface area contributed by atoms with Crippen molar-refractivity contribution in [1.29, 1.82) is 0 Å². The van der Waals surface area contributed by atoms with E-state index >= 15 is 0 Å². The van der Waals surface area contributed by atoms with Gasteiger partial charge in [-0.25, -0.2) is 4.79 Å². The van der Waals surface area contributed by atoms with E-state index in [-0.39, 0.29) is 66.3 Å². The van der Waals surface area contributed by atoms with E-state index in [0.717, 1.165) is 23.3 Å². The van der Waals surface area contributed by atoms with E-state index in [1.807, 2.05) is 19.9 Å². The number of hydrogen-bond acceptors (Lipinski definition) is 12. The highest BCUT2D eigenvalue weighted by molar-refractivity contribution is 7.70. The summed E-state index contributed by atoms with van der Waals surface area (Å²) in [5, 5.41) is 13.4. The number of primary amides is 1. The molecule has 83 heavy (non-hydrogen) atoms. The van der Waals surface area contributed by atoms with E-state index < -0.39 is 91.3 Å². The summed E-state index contributed by atoms with van der Waals surface area (Å²) in [6, 6.07) is 19.3. The van der Waals surface area contributed by atoms with Crippen molar-refractivity contribution in [2.45, 2.75) is 102 Å². The second-order valence-electron chi connectivity index (χ2n) is 21.4. The minimum absolute atomic E-state index is 0.0112. The number of nitrogens with zero attached hydrogens (tertiary/aromatic N) is 3. The number of para-hydroxylation sites is 1. The van der Waals surface area contributed by atoms with Gasteiger partial charge >= 0.3 is 13.6 Å². The van der Waals surface area contributed by atoms with E-state index in [4.69, 9.17) is 5.73 Å². The van der Waals surface area contributed by atoms with E-state index in [9.17, 15) is 62.3 Å². The average molecular weight is 1170 g/mol. The van der Waals surface area contributed by atoms with Gasteiger partial charge in [0.1, 0.15) is 30.2 Å². The first kappa shape index (κ1) is 59.1. The zero-order valence-electron chi connectivity index (χ0n) is 45.4. The van der Waals surface area contributed by atoms with Crippen LogP contribution in [0.1, 0.15) is 117 Å². The number of fused-ring (bicyclic) bond motifs is 3. The molecule has 4 aromatic carbocycles. The Kier molecular flexibility index (Phi) is 18.0. The van der Waals surface area contributed by atoms with Crippen LogP contribution in [0.4, 0.5) is 10.5 Å². The second-order valence-corrected chi connectivity index (χ2v) is 24.0. The molecule has 5 heterocycles. The van der Waals surface area contributed by atoms with Crippen molar-refractivity contribution in [3.05, 3.63) is 135 Å². The Labute approximate surface area is 481 Å². The Balaban J connectivity index is 0.857. The molecule has 22 nitrogen and oxygen atoms in total. The minimum Gasteiger partial charge on any atom is -0.352 e. The molecule has 0 saturated carbocycles. The number of thiophene rings is 1. The van der Waals surface area contributed by atoms with Crippen LogP contribution in [-0.4, -0.2) is 122 Å². The zero-order chi connectivity index (χ0) is 59.3. The van der Waals surface area contributed by atoms with Gasteiger partial charge in [0.25, 0.3) is 17.3 Å². The molecule has 432 valence electrons. The summed E-state index contributed by atoms with van der Waals surface area (Å²) in [5.41, 5.74) is 7.26. The molecule has 9 rings (SSSR count). The molecule has 9 N–H and O–H groups in total. The van der Waals surface area contributed by atoms with Crippen molar-refractivity contribution < 1.29 is 62.3 Å². The Bertz CT molecular complexity index is 3550. The van der Waals surface area contributed by atoms with Gasteiger partial charge in [-0.3, -0.25) is 57.9 Å². The Hall–Kier alpha value is -8.55. The van der Waals surface area contributed by atoms with E-state index in [1.54, 1.807) is 71.6 Å². The molecule has 1 aromatic heterocycles. The van der Waals surface area contributed by atoms with E-state index in [2.05, 4.69) is 38.4 Å². The van der Waals surface area contributed by atoms with Crippen LogP contribution in [0.15, 0.2) is 97.1 Å². The number of carbonyl (C=O) groups is 10. The fourth-order valence-corrected chi connectivity index (χ4v) is 12.5. The molecule has 2 saturated heterocycles. The highest BCUT2D eigenvalue weighted by Crippen LogP contribution is 2.40. The Morgan fingerprint density at radius 1 is 0.843 bits per heavy atom. The van der Waals surface area contributed by atoms with Gasteiger partial charge in [-0.2, -0.15) is 0 Å². The fraction of sp³-hybridized carbons (Fsp3) is 0.356. The van der Waals surface area contributed by atoms with Gasteiger partial charge in [-0.05, 0) is 108 Å². The first-order valence-electron chi connectivity index (χ1n) is 27.2. The van der Waals surface area contributed by atoms with Crippen LogP contribution >= 0.6 is 18.9 Å². The van der Waals surface area contributed by atoms with Crippen molar-refractivity contribution in [2.75, 3.05) is 24.5 Å². The molecule has 0 spiro atoms. The van der Waals surface area contributed by atoms with Gasteiger partial charge in [0.2, 0.25) is 35.4 Å². The molecule has 10 amide bonds. The number of imide groups is 1. The molecule has 4 aliphatic heterocycles. The number of urea groups is 1. The third kappa shape index (κ3) is 13.5. The molecule has 4 aliphatic rings. The highest BCUT2D eigenvalue weighted by atomic mass is 32.1. The number of benzene rings is 4. The van der Waals surface area contributed by atoms with Crippen molar-refractivity contribution >= 4 is 93.5 Å². The third-order valence-electron chi connectivity index (χ3n) is 15.3. The molecular weight excluding hydrogens is 1110 g/mol. The lowest BCUT2D eigenvalue weighted by molar-refractivity contribution is -0.139. The van der Waals surface area contributed by atoms with Gasteiger partial charge in [-0.15, -0.1) is 11.3 Å². The van der Waals surface area contributed by atoms with E-state index in [0.29, 0.717) is 70.4 Å². The maximum absolute atomic E-state index is 14.9. The van der Waals surface area contributed by atoms with Crippen molar-refractivity contribution in [2.24, 2.45) is 17.6 Å². The van der Waals surface area contributed by atoms with Gasteiger partial charge in [-0.1, -0.05) is 80.3 Å². The lowest BCUT2D eigenvalue weighted by atomic mass is 9.91. The predicted molar refractivity (Wildman–Crippen MR) is 305 cm³/mol. The SMILES string of the molecule is CC(C)C[C@H](NC(=O)c1cc2cc(C(=O)P(=O)(O)O)ccc2s1)C(=O)N1c2ccccc2C[C@H]1C(=O)N[C@@H](CNC(N)=O)C(=O)N[C@H](C(=O)N1CCC(CCC#Cc2cccc3c2CN(C2CCC(=O)NC2=O)C3=O)CC1)c1ccccc1. The second kappa shape index (κ2) is 25.3. The molecule has 24 heteroatoms. The molecule has 5 atom stereocenters. The van der Waals surface area contributed by atoms with Crippen molar-refractivity contribution in [3.63, 3.8) is 0 Å². The van der Waals surface area contributed by atoms with Crippen molar-refractivity contribution in [3.8, 4) is 11.8 Å². The Morgan fingerprint density at radius 3 is 2.29 bits per heavy atom. The fourth-order valence-electron chi connectivity index (χ4n) is 11.0. The summed E-state index contributed by atoms with van der Waals surface area (Å²) in [6.07, 6.45) is 3.15. The molecule has 0 radical (unpaired) electrons. The molecular formula is C59H62N9O13PS. The number of amides is 10. The first-order valence-corrected chi connectivity index (χ1v) is 29.7. The molecule has 1 unspecified atom stereocenters. The largest absolute Gasteiger partial charge is 0.396 e. The lowest BCUT2D eigenvalue weighted by Crippen LogP contribution is -2.60. The van der Waals surface area contributed by atoms with Gasteiger partial charge < -0.3 is 46.6 Å². The van der Waals surface area contributed by atoms with Crippen LogP contribution in [0.25, 0.3) is 10.1 Å². The summed E-state index contributed by atoms with van der Waals surface area (Å²) in [5.74, 6) is 2.13. The summed E-state index contributed by atoms with van der Waals surface area (Å²) >= 11 is 1.04.